The van der Waals surface area contributed by atoms with Gasteiger partial charge in [-0.3, -0.25) is 9.62 Å². The van der Waals surface area contributed by atoms with Crippen molar-refractivity contribution in [3.63, 3.8) is 0 Å². The number of aromatic nitrogens is 1. The predicted molar refractivity (Wildman–Crippen MR) is 94.3 cm³/mol. The molecular formula is C16H21N3O2S2. The first-order valence-electron chi connectivity index (χ1n) is 7.69. The highest BCUT2D eigenvalue weighted by atomic mass is 32.2. The number of likely N-dealkylation sites (tertiary alicyclic amines) is 1. The van der Waals surface area contributed by atoms with Gasteiger partial charge in [-0.15, -0.1) is 0 Å². The first-order valence-corrected chi connectivity index (χ1v) is 10.4. The van der Waals surface area contributed by atoms with E-state index in [-0.39, 0.29) is 0 Å². The van der Waals surface area contributed by atoms with Crippen LogP contribution in [0, 0.1) is 0 Å². The van der Waals surface area contributed by atoms with Gasteiger partial charge in [0, 0.05) is 17.6 Å². The van der Waals surface area contributed by atoms with E-state index in [0.29, 0.717) is 11.0 Å². The minimum Gasteiger partial charge on any atom is -0.298 e. The summed E-state index contributed by atoms with van der Waals surface area (Å²) in [6.45, 7) is 2.96. The highest BCUT2D eigenvalue weighted by Gasteiger charge is 2.21. The molecule has 1 aliphatic rings. The minimum atomic E-state index is -3.25. The van der Waals surface area contributed by atoms with Gasteiger partial charge in [0.05, 0.1) is 6.26 Å². The maximum atomic E-state index is 11.2. The molecule has 0 amide bonds. The SMILES string of the molecule is CS(=O)(=O)Nc1ncc(CN2CCC(c3ccccc3)CC2)s1. The zero-order chi connectivity index (χ0) is 16.3. The van der Waals surface area contributed by atoms with Gasteiger partial charge in [-0.25, -0.2) is 13.4 Å². The summed E-state index contributed by atoms with van der Waals surface area (Å²) in [5, 5.41) is 0.446. The smallest absolute Gasteiger partial charge is 0.231 e. The molecule has 3 rings (SSSR count). The van der Waals surface area contributed by atoms with Gasteiger partial charge in [0.15, 0.2) is 5.13 Å². The fourth-order valence-corrected chi connectivity index (χ4v) is 4.65. The summed E-state index contributed by atoms with van der Waals surface area (Å²) in [5.74, 6) is 0.649. The van der Waals surface area contributed by atoms with Gasteiger partial charge >= 0.3 is 0 Å². The third kappa shape index (κ3) is 4.76. The van der Waals surface area contributed by atoms with Crippen LogP contribution in [0.15, 0.2) is 36.5 Å². The van der Waals surface area contributed by atoms with Crippen LogP contribution in [0.1, 0.15) is 29.2 Å². The van der Waals surface area contributed by atoms with Gasteiger partial charge < -0.3 is 0 Å². The quantitative estimate of drug-likeness (QED) is 0.900. The maximum absolute atomic E-state index is 11.2. The lowest BCUT2D eigenvalue weighted by Crippen LogP contribution is -2.32. The average Bonchev–Trinajstić information content (AvgIpc) is 2.94. The topological polar surface area (TPSA) is 62.3 Å². The Kier molecular flexibility index (Phi) is 4.99. The monoisotopic (exact) mass is 351 g/mol. The van der Waals surface area contributed by atoms with Gasteiger partial charge in [-0.1, -0.05) is 41.7 Å². The summed E-state index contributed by atoms with van der Waals surface area (Å²) >= 11 is 1.41. The van der Waals surface area contributed by atoms with Crippen molar-refractivity contribution < 1.29 is 8.42 Å². The normalized spacial score (nSPS) is 17.3. The van der Waals surface area contributed by atoms with Crippen molar-refractivity contribution in [1.29, 1.82) is 0 Å². The molecule has 0 aliphatic carbocycles. The lowest BCUT2D eigenvalue weighted by Gasteiger charge is -2.31. The lowest BCUT2D eigenvalue weighted by molar-refractivity contribution is 0.206. The number of sulfonamides is 1. The molecule has 1 aliphatic heterocycles. The molecule has 5 nitrogen and oxygen atoms in total. The molecule has 1 aromatic carbocycles. The van der Waals surface area contributed by atoms with Gasteiger partial charge in [0.1, 0.15) is 0 Å². The fourth-order valence-electron chi connectivity index (χ4n) is 2.96. The summed E-state index contributed by atoms with van der Waals surface area (Å²) in [4.78, 5) is 7.64. The van der Waals surface area contributed by atoms with Gasteiger partial charge in [0.25, 0.3) is 0 Å². The van der Waals surface area contributed by atoms with Crippen LogP contribution in [0.3, 0.4) is 0 Å². The maximum Gasteiger partial charge on any atom is 0.231 e. The Hall–Kier alpha value is -1.44. The molecule has 0 saturated carbocycles. The summed E-state index contributed by atoms with van der Waals surface area (Å²) in [6, 6.07) is 10.7. The second kappa shape index (κ2) is 6.98. The molecule has 0 atom stereocenters. The van der Waals surface area contributed by atoms with Crippen LogP contribution in [0.4, 0.5) is 5.13 Å². The van der Waals surface area contributed by atoms with Crippen LogP contribution in [0.25, 0.3) is 0 Å². The third-order valence-corrected chi connectivity index (χ3v) is 5.66. The number of hydrogen-bond acceptors (Lipinski definition) is 5. The third-order valence-electron chi connectivity index (χ3n) is 4.06. The first kappa shape index (κ1) is 16.4. The summed E-state index contributed by atoms with van der Waals surface area (Å²) in [6.07, 6.45) is 5.23. The van der Waals surface area contributed by atoms with Gasteiger partial charge in [0.2, 0.25) is 10.0 Å². The number of benzene rings is 1. The molecule has 0 radical (unpaired) electrons. The number of nitrogens with zero attached hydrogens (tertiary/aromatic N) is 2. The molecule has 1 N–H and O–H groups in total. The van der Waals surface area contributed by atoms with Crippen molar-refractivity contribution in [3.8, 4) is 0 Å². The van der Waals surface area contributed by atoms with Crippen molar-refractivity contribution in [2.75, 3.05) is 24.1 Å². The second-order valence-electron chi connectivity index (χ2n) is 5.97. The van der Waals surface area contributed by atoms with E-state index >= 15 is 0 Å². The van der Waals surface area contributed by atoms with Crippen molar-refractivity contribution in [2.45, 2.75) is 25.3 Å². The molecule has 1 aromatic heterocycles. The van der Waals surface area contributed by atoms with Crippen LogP contribution < -0.4 is 4.72 Å². The van der Waals surface area contributed by atoms with E-state index in [1.54, 1.807) is 6.20 Å². The molecule has 23 heavy (non-hydrogen) atoms. The number of thiazole rings is 1. The first-order chi connectivity index (χ1) is 11.0. The van der Waals surface area contributed by atoms with E-state index in [9.17, 15) is 8.42 Å². The van der Waals surface area contributed by atoms with E-state index in [1.165, 1.54) is 16.9 Å². The summed E-state index contributed by atoms with van der Waals surface area (Å²) in [7, 11) is -3.25. The molecule has 1 saturated heterocycles. The molecule has 1 fully saturated rings. The van der Waals surface area contributed by atoms with Crippen LogP contribution in [-0.4, -0.2) is 37.6 Å². The highest BCUT2D eigenvalue weighted by molar-refractivity contribution is 7.92. The molecular weight excluding hydrogens is 330 g/mol. The molecule has 2 heterocycles. The van der Waals surface area contributed by atoms with E-state index in [2.05, 4.69) is 44.9 Å². The molecule has 0 spiro atoms. The van der Waals surface area contributed by atoms with Crippen LogP contribution in [-0.2, 0) is 16.6 Å². The molecule has 7 heteroatoms. The largest absolute Gasteiger partial charge is 0.298 e. The zero-order valence-electron chi connectivity index (χ0n) is 13.1. The zero-order valence-corrected chi connectivity index (χ0v) is 14.7. The van der Waals surface area contributed by atoms with E-state index < -0.39 is 10.0 Å². The Balaban J connectivity index is 1.53. The number of nitrogens with one attached hydrogen (secondary N) is 1. The number of rotatable bonds is 5. The molecule has 0 unspecified atom stereocenters. The molecule has 0 bridgehead atoms. The Morgan fingerprint density at radius 3 is 2.61 bits per heavy atom. The standard InChI is InChI=1S/C16H21N3O2S2/c1-23(20,21)18-16-17-11-15(22-16)12-19-9-7-14(8-10-19)13-5-3-2-4-6-13/h2-6,11,14H,7-10,12H2,1H3,(H,17,18). The molecule has 2 aromatic rings. The summed E-state index contributed by atoms with van der Waals surface area (Å²) in [5.41, 5.74) is 1.43. The molecule has 124 valence electrons. The van der Waals surface area contributed by atoms with Crippen LogP contribution in [0.2, 0.25) is 0 Å². The average molecular weight is 351 g/mol. The highest BCUT2D eigenvalue weighted by Crippen LogP contribution is 2.29. The predicted octanol–water partition coefficient (Wildman–Crippen LogP) is 2.89. The van der Waals surface area contributed by atoms with Gasteiger partial charge in [-0.2, -0.15) is 0 Å². The number of hydrogen-bond donors (Lipinski definition) is 1. The Morgan fingerprint density at radius 1 is 1.26 bits per heavy atom. The number of anilines is 1. The Bertz CT molecular complexity index is 736. The van der Waals surface area contributed by atoms with Gasteiger partial charge in [-0.05, 0) is 37.4 Å². The Labute approximate surface area is 141 Å². The van der Waals surface area contributed by atoms with Crippen LogP contribution >= 0.6 is 11.3 Å². The van der Waals surface area contributed by atoms with E-state index in [4.69, 9.17) is 0 Å². The minimum absolute atomic E-state index is 0.446. The Morgan fingerprint density at radius 2 is 1.96 bits per heavy atom. The van der Waals surface area contributed by atoms with Crippen molar-refractivity contribution in [2.24, 2.45) is 0 Å². The summed E-state index contributed by atoms with van der Waals surface area (Å²) < 4.78 is 24.9. The van der Waals surface area contributed by atoms with E-state index in [1.807, 2.05) is 0 Å². The fraction of sp³-hybridized carbons (Fsp3) is 0.438. The lowest BCUT2D eigenvalue weighted by atomic mass is 9.89. The van der Waals surface area contributed by atoms with Crippen LogP contribution in [0.5, 0.6) is 0 Å². The van der Waals surface area contributed by atoms with Crippen molar-refractivity contribution >= 4 is 26.5 Å². The number of piperidine rings is 1. The van der Waals surface area contributed by atoms with E-state index in [0.717, 1.165) is 43.6 Å². The van der Waals surface area contributed by atoms with Crippen molar-refractivity contribution in [3.05, 3.63) is 47.0 Å². The van der Waals surface area contributed by atoms with Crippen molar-refractivity contribution in [1.82, 2.24) is 9.88 Å². The second-order valence-corrected chi connectivity index (χ2v) is 8.83.